The Morgan fingerprint density at radius 1 is 1.19 bits per heavy atom. The van der Waals surface area contributed by atoms with Crippen molar-refractivity contribution < 1.29 is 4.74 Å². The molecule has 0 saturated heterocycles. The van der Waals surface area contributed by atoms with Gasteiger partial charge in [-0.15, -0.1) is 0 Å². The van der Waals surface area contributed by atoms with Crippen LogP contribution in [0.15, 0.2) is 18.2 Å². The van der Waals surface area contributed by atoms with Gasteiger partial charge >= 0.3 is 0 Å². The highest BCUT2D eigenvalue weighted by atomic mass is 16.5. The van der Waals surface area contributed by atoms with Crippen molar-refractivity contribution in [3.05, 3.63) is 35.0 Å². The van der Waals surface area contributed by atoms with E-state index in [2.05, 4.69) is 10.4 Å². The van der Waals surface area contributed by atoms with Crippen LogP contribution < -0.4 is 16.0 Å². The zero-order valence-corrected chi connectivity index (χ0v) is 12.4. The molecule has 0 aliphatic heterocycles. The van der Waals surface area contributed by atoms with Gasteiger partial charge in [-0.1, -0.05) is 6.07 Å². The van der Waals surface area contributed by atoms with Crippen molar-refractivity contribution in [3.63, 3.8) is 0 Å². The number of rotatable bonds is 3. The molecular formula is C16H20N4O. The van der Waals surface area contributed by atoms with Crippen molar-refractivity contribution in [2.45, 2.75) is 32.6 Å². The Morgan fingerprint density at radius 2 is 2.00 bits per heavy atom. The highest BCUT2D eigenvalue weighted by molar-refractivity contribution is 5.67. The Bertz CT molecular complexity index is 652. The maximum absolute atomic E-state index is 5.64. The number of nitrogens with two attached hydrogens (primary N) is 1. The minimum Gasteiger partial charge on any atom is -0.496 e. The Kier molecular flexibility index (Phi) is 3.75. The summed E-state index contributed by atoms with van der Waals surface area (Å²) in [5.74, 6) is 7.83. The fraction of sp³-hybridized carbons (Fsp3) is 0.375. The molecule has 1 aliphatic carbocycles. The maximum Gasteiger partial charge on any atom is 0.165 e. The van der Waals surface area contributed by atoms with Crippen LogP contribution in [0.2, 0.25) is 0 Å². The number of hydrazine groups is 1. The first-order valence-corrected chi connectivity index (χ1v) is 7.24. The molecule has 3 rings (SSSR count). The highest BCUT2D eigenvalue weighted by Crippen LogP contribution is 2.32. The number of benzene rings is 1. The van der Waals surface area contributed by atoms with E-state index in [1.165, 1.54) is 6.42 Å². The molecule has 3 N–H and O–H groups in total. The SMILES string of the molecule is COc1cc(C)ccc1-c1nc2c(c(NN)n1)CCCC2. The molecule has 0 fully saturated rings. The Labute approximate surface area is 124 Å². The van der Waals surface area contributed by atoms with Crippen LogP contribution in [0.25, 0.3) is 11.4 Å². The van der Waals surface area contributed by atoms with Crippen LogP contribution in [0.1, 0.15) is 29.7 Å². The molecule has 1 aromatic heterocycles. The van der Waals surface area contributed by atoms with Gasteiger partial charge in [0.2, 0.25) is 0 Å². The summed E-state index contributed by atoms with van der Waals surface area (Å²) in [6.45, 7) is 2.03. The number of ether oxygens (including phenoxy) is 1. The summed E-state index contributed by atoms with van der Waals surface area (Å²) >= 11 is 0. The number of aryl methyl sites for hydroxylation is 2. The Morgan fingerprint density at radius 3 is 2.76 bits per heavy atom. The summed E-state index contributed by atoms with van der Waals surface area (Å²) in [5, 5.41) is 0. The lowest BCUT2D eigenvalue weighted by Gasteiger charge is -2.19. The predicted octanol–water partition coefficient (Wildman–Crippen LogP) is 2.63. The molecule has 0 unspecified atom stereocenters. The van der Waals surface area contributed by atoms with Crippen LogP contribution in [0.3, 0.4) is 0 Å². The highest BCUT2D eigenvalue weighted by Gasteiger charge is 2.19. The van der Waals surface area contributed by atoms with Crippen molar-refractivity contribution in [1.29, 1.82) is 0 Å². The number of nitrogens with one attached hydrogen (secondary N) is 1. The zero-order valence-electron chi connectivity index (χ0n) is 12.4. The second-order valence-electron chi connectivity index (χ2n) is 5.38. The summed E-state index contributed by atoms with van der Waals surface area (Å²) in [5.41, 5.74) is 7.01. The largest absolute Gasteiger partial charge is 0.496 e. The van der Waals surface area contributed by atoms with E-state index < -0.39 is 0 Å². The van der Waals surface area contributed by atoms with Crippen LogP contribution in [0.4, 0.5) is 5.82 Å². The predicted molar refractivity (Wildman–Crippen MR) is 83.2 cm³/mol. The first kappa shape index (κ1) is 13.8. The molecule has 5 heteroatoms. The monoisotopic (exact) mass is 284 g/mol. The van der Waals surface area contributed by atoms with Crippen molar-refractivity contribution in [2.24, 2.45) is 5.84 Å². The van der Waals surface area contributed by atoms with Crippen molar-refractivity contribution in [1.82, 2.24) is 9.97 Å². The normalized spacial score (nSPS) is 13.7. The van der Waals surface area contributed by atoms with E-state index in [-0.39, 0.29) is 0 Å². The molecule has 1 aromatic carbocycles. The number of hydrogen-bond acceptors (Lipinski definition) is 5. The third-order valence-electron chi connectivity index (χ3n) is 3.92. The molecule has 0 bridgehead atoms. The molecular weight excluding hydrogens is 264 g/mol. The fourth-order valence-electron chi connectivity index (χ4n) is 2.82. The molecule has 21 heavy (non-hydrogen) atoms. The van der Waals surface area contributed by atoms with E-state index in [1.54, 1.807) is 7.11 Å². The molecule has 0 amide bonds. The van der Waals surface area contributed by atoms with Crippen molar-refractivity contribution in [3.8, 4) is 17.1 Å². The quantitative estimate of drug-likeness (QED) is 0.669. The summed E-state index contributed by atoms with van der Waals surface area (Å²) in [6.07, 6.45) is 4.30. The minimum absolute atomic E-state index is 0.667. The van der Waals surface area contributed by atoms with Gasteiger partial charge in [0.1, 0.15) is 11.6 Å². The van der Waals surface area contributed by atoms with Gasteiger partial charge in [-0.3, -0.25) is 0 Å². The molecule has 0 spiro atoms. The molecule has 2 aromatic rings. The van der Waals surface area contributed by atoms with Crippen LogP contribution in [-0.2, 0) is 12.8 Å². The van der Waals surface area contributed by atoms with E-state index in [4.69, 9.17) is 15.6 Å². The lowest BCUT2D eigenvalue weighted by atomic mass is 9.96. The van der Waals surface area contributed by atoms with Crippen molar-refractivity contribution in [2.75, 3.05) is 12.5 Å². The lowest BCUT2D eigenvalue weighted by molar-refractivity contribution is 0.416. The molecule has 5 nitrogen and oxygen atoms in total. The molecule has 1 heterocycles. The number of fused-ring (bicyclic) bond motifs is 1. The third kappa shape index (κ3) is 2.56. The first-order valence-electron chi connectivity index (χ1n) is 7.24. The number of hydrogen-bond donors (Lipinski definition) is 2. The van der Waals surface area contributed by atoms with E-state index in [1.807, 2.05) is 25.1 Å². The van der Waals surface area contributed by atoms with Gasteiger partial charge in [-0.05, 0) is 50.3 Å². The number of aromatic nitrogens is 2. The molecule has 0 saturated carbocycles. The van der Waals surface area contributed by atoms with Crippen LogP contribution in [0, 0.1) is 6.92 Å². The smallest absolute Gasteiger partial charge is 0.165 e. The number of anilines is 1. The van der Waals surface area contributed by atoms with Gasteiger partial charge in [-0.25, -0.2) is 15.8 Å². The van der Waals surface area contributed by atoms with Gasteiger partial charge in [-0.2, -0.15) is 0 Å². The average Bonchev–Trinajstić information content (AvgIpc) is 2.53. The van der Waals surface area contributed by atoms with E-state index in [0.717, 1.165) is 53.2 Å². The fourth-order valence-corrected chi connectivity index (χ4v) is 2.82. The van der Waals surface area contributed by atoms with Gasteiger partial charge < -0.3 is 10.2 Å². The van der Waals surface area contributed by atoms with Gasteiger partial charge in [0, 0.05) is 11.3 Å². The average molecular weight is 284 g/mol. The van der Waals surface area contributed by atoms with Crippen LogP contribution >= 0.6 is 0 Å². The molecule has 0 atom stereocenters. The topological polar surface area (TPSA) is 73.1 Å². The van der Waals surface area contributed by atoms with E-state index in [0.29, 0.717) is 5.82 Å². The van der Waals surface area contributed by atoms with E-state index >= 15 is 0 Å². The minimum atomic E-state index is 0.667. The second kappa shape index (κ2) is 5.69. The standard InChI is InChI=1S/C16H20N4O/c1-10-7-8-12(14(9-10)21-2)15-18-13-6-4-3-5-11(13)16(19-15)20-17/h7-9H,3-6,17H2,1-2H3,(H,18,19,20). The molecule has 0 radical (unpaired) electrons. The summed E-state index contributed by atoms with van der Waals surface area (Å²) in [7, 11) is 1.67. The van der Waals surface area contributed by atoms with Gasteiger partial charge in [0.05, 0.1) is 12.7 Å². The summed E-state index contributed by atoms with van der Waals surface area (Å²) in [4.78, 5) is 9.33. The van der Waals surface area contributed by atoms with Crippen molar-refractivity contribution >= 4 is 5.82 Å². The second-order valence-corrected chi connectivity index (χ2v) is 5.38. The van der Waals surface area contributed by atoms with Gasteiger partial charge in [0.15, 0.2) is 5.82 Å². The summed E-state index contributed by atoms with van der Waals surface area (Å²) < 4.78 is 5.47. The number of methoxy groups -OCH3 is 1. The Balaban J connectivity index is 2.15. The molecule has 1 aliphatic rings. The van der Waals surface area contributed by atoms with Crippen LogP contribution in [0.5, 0.6) is 5.75 Å². The number of nitrogen functional groups attached to an aromatic ring is 1. The molecule has 110 valence electrons. The Hall–Kier alpha value is -2.14. The lowest BCUT2D eigenvalue weighted by Crippen LogP contribution is -2.17. The third-order valence-corrected chi connectivity index (χ3v) is 3.92. The number of nitrogens with zero attached hydrogens (tertiary/aromatic N) is 2. The maximum atomic E-state index is 5.64. The van der Waals surface area contributed by atoms with Crippen LogP contribution in [-0.4, -0.2) is 17.1 Å². The first-order chi connectivity index (χ1) is 10.2. The van der Waals surface area contributed by atoms with E-state index in [9.17, 15) is 0 Å². The summed E-state index contributed by atoms with van der Waals surface area (Å²) in [6, 6.07) is 6.03. The van der Waals surface area contributed by atoms with Gasteiger partial charge in [0.25, 0.3) is 0 Å². The zero-order chi connectivity index (χ0) is 14.8.